The van der Waals surface area contributed by atoms with Crippen molar-refractivity contribution in [3.63, 3.8) is 0 Å². The van der Waals surface area contributed by atoms with Crippen LogP contribution in [0, 0.1) is 6.92 Å². The molecule has 0 bridgehead atoms. The first-order valence-electron chi connectivity index (χ1n) is 6.39. The normalized spacial score (nSPS) is 12.8. The summed E-state index contributed by atoms with van der Waals surface area (Å²) in [6.07, 6.45) is 2.74. The molecule has 0 aliphatic rings. The predicted octanol–water partition coefficient (Wildman–Crippen LogP) is 1.97. The Bertz CT molecular complexity index is 622. The van der Waals surface area contributed by atoms with Gasteiger partial charge in [-0.1, -0.05) is 6.07 Å². The van der Waals surface area contributed by atoms with E-state index in [9.17, 15) is 4.79 Å². The molecule has 2 rings (SSSR count). The number of hydrogen-bond donors (Lipinski definition) is 1. The summed E-state index contributed by atoms with van der Waals surface area (Å²) in [6, 6.07) is 5.67. The van der Waals surface area contributed by atoms with Crippen molar-refractivity contribution in [1.29, 1.82) is 0 Å². The predicted molar refractivity (Wildman–Crippen MR) is 80.6 cm³/mol. The van der Waals surface area contributed by atoms with Gasteiger partial charge in [0.2, 0.25) is 0 Å². The molecular weight excluding hydrogens is 258 g/mol. The van der Waals surface area contributed by atoms with Crippen molar-refractivity contribution >= 4 is 17.4 Å². The van der Waals surface area contributed by atoms with Crippen LogP contribution in [0.1, 0.15) is 24.6 Å². The third-order valence-electron chi connectivity index (χ3n) is 2.91. The van der Waals surface area contributed by atoms with Gasteiger partial charge in [0, 0.05) is 24.1 Å². The van der Waals surface area contributed by atoms with Crippen LogP contribution in [0.5, 0.6) is 0 Å². The zero-order valence-electron chi connectivity index (χ0n) is 11.3. The van der Waals surface area contributed by atoms with E-state index in [1.54, 1.807) is 28.4 Å². The highest BCUT2D eigenvalue weighted by Crippen LogP contribution is 2.13. The molecule has 19 heavy (non-hydrogen) atoms. The first-order chi connectivity index (χ1) is 9.08. The van der Waals surface area contributed by atoms with E-state index in [0.29, 0.717) is 0 Å². The summed E-state index contributed by atoms with van der Waals surface area (Å²) in [4.78, 5) is 16.5. The van der Waals surface area contributed by atoms with Crippen LogP contribution >= 0.6 is 11.8 Å². The molecule has 0 amide bonds. The smallest absolute Gasteiger partial charge is 0.258 e. The number of nitrogens with two attached hydrogens (primary N) is 1. The van der Waals surface area contributed by atoms with Crippen LogP contribution in [0.3, 0.4) is 0 Å². The minimum Gasteiger partial charge on any atom is -0.328 e. The van der Waals surface area contributed by atoms with Crippen molar-refractivity contribution in [2.24, 2.45) is 5.73 Å². The van der Waals surface area contributed by atoms with Crippen LogP contribution < -0.4 is 11.3 Å². The standard InChI is InChI=1S/C14H19N3OS/c1-10-4-3-6-17-13(18)8-12(16-14(10)17)9-19-7-5-11(2)15/h3-4,6,8,11H,5,7,9,15H2,1-2H3. The molecule has 2 aromatic heterocycles. The molecule has 0 saturated carbocycles. The highest BCUT2D eigenvalue weighted by Gasteiger charge is 2.04. The fourth-order valence-electron chi connectivity index (χ4n) is 1.83. The lowest BCUT2D eigenvalue weighted by atomic mass is 10.3. The van der Waals surface area contributed by atoms with Crippen molar-refractivity contribution < 1.29 is 0 Å². The van der Waals surface area contributed by atoms with Gasteiger partial charge in [0.25, 0.3) is 5.56 Å². The molecule has 0 fully saturated rings. The van der Waals surface area contributed by atoms with Crippen molar-refractivity contribution in [3.8, 4) is 0 Å². The van der Waals surface area contributed by atoms with Gasteiger partial charge in [-0.2, -0.15) is 11.8 Å². The molecule has 0 spiro atoms. The Kier molecular flexibility index (Phi) is 4.61. The Hall–Kier alpha value is -1.33. The number of aromatic nitrogens is 2. The second-order valence-corrected chi connectivity index (χ2v) is 5.89. The number of aryl methyl sites for hydroxylation is 1. The van der Waals surface area contributed by atoms with Gasteiger partial charge in [0.05, 0.1) is 5.69 Å². The fraction of sp³-hybridized carbons (Fsp3) is 0.429. The monoisotopic (exact) mass is 277 g/mol. The van der Waals surface area contributed by atoms with Gasteiger partial charge in [-0.15, -0.1) is 0 Å². The Balaban J connectivity index is 2.16. The second kappa shape index (κ2) is 6.21. The van der Waals surface area contributed by atoms with Crippen LogP contribution in [0.4, 0.5) is 0 Å². The van der Waals surface area contributed by atoms with Crippen molar-refractivity contribution in [2.75, 3.05) is 5.75 Å². The van der Waals surface area contributed by atoms with Crippen LogP contribution in [0.25, 0.3) is 5.65 Å². The molecule has 1 atom stereocenters. The first kappa shape index (κ1) is 14.1. The molecule has 102 valence electrons. The first-order valence-corrected chi connectivity index (χ1v) is 7.54. The molecule has 4 nitrogen and oxygen atoms in total. The van der Waals surface area contributed by atoms with Gasteiger partial charge in [0.15, 0.2) is 0 Å². The molecule has 2 heterocycles. The summed E-state index contributed by atoms with van der Waals surface area (Å²) >= 11 is 1.77. The summed E-state index contributed by atoms with van der Waals surface area (Å²) in [5.41, 5.74) is 8.30. The quantitative estimate of drug-likeness (QED) is 0.849. The van der Waals surface area contributed by atoms with Crippen molar-refractivity contribution in [1.82, 2.24) is 9.38 Å². The summed E-state index contributed by atoms with van der Waals surface area (Å²) in [7, 11) is 0. The van der Waals surface area contributed by atoms with Gasteiger partial charge >= 0.3 is 0 Å². The highest BCUT2D eigenvalue weighted by atomic mass is 32.2. The fourth-order valence-corrected chi connectivity index (χ4v) is 2.87. The number of fused-ring (bicyclic) bond motifs is 1. The van der Waals surface area contributed by atoms with E-state index >= 15 is 0 Å². The van der Waals surface area contributed by atoms with E-state index in [0.717, 1.165) is 34.8 Å². The maximum Gasteiger partial charge on any atom is 0.258 e. The minimum absolute atomic E-state index is 0.0171. The summed E-state index contributed by atoms with van der Waals surface area (Å²) in [6.45, 7) is 3.97. The average molecular weight is 277 g/mol. The lowest BCUT2D eigenvalue weighted by molar-refractivity contribution is 0.721. The molecule has 2 N–H and O–H groups in total. The lowest BCUT2D eigenvalue weighted by Gasteiger charge is -2.07. The zero-order chi connectivity index (χ0) is 13.8. The van der Waals surface area contributed by atoms with Crippen molar-refractivity contribution in [2.45, 2.75) is 32.1 Å². The Morgan fingerprint density at radius 3 is 3.05 bits per heavy atom. The number of hydrogen-bond acceptors (Lipinski definition) is 4. The number of thioether (sulfide) groups is 1. The van der Waals surface area contributed by atoms with E-state index in [1.165, 1.54) is 0 Å². The van der Waals surface area contributed by atoms with Crippen LogP contribution in [0.15, 0.2) is 29.2 Å². The Morgan fingerprint density at radius 2 is 2.32 bits per heavy atom. The third-order valence-corrected chi connectivity index (χ3v) is 3.93. The molecule has 1 unspecified atom stereocenters. The number of nitrogens with zero attached hydrogens (tertiary/aromatic N) is 2. The molecule has 0 aliphatic carbocycles. The average Bonchev–Trinajstić information content (AvgIpc) is 2.36. The number of rotatable bonds is 5. The van der Waals surface area contributed by atoms with E-state index in [2.05, 4.69) is 4.98 Å². The van der Waals surface area contributed by atoms with Gasteiger partial charge < -0.3 is 5.73 Å². The minimum atomic E-state index is -0.0171. The molecule has 5 heteroatoms. The lowest BCUT2D eigenvalue weighted by Crippen LogP contribution is -2.16. The largest absolute Gasteiger partial charge is 0.328 e. The number of pyridine rings is 1. The summed E-state index contributed by atoms with van der Waals surface area (Å²) in [5, 5.41) is 0. The van der Waals surface area contributed by atoms with Gasteiger partial charge in [0.1, 0.15) is 5.65 Å². The van der Waals surface area contributed by atoms with Crippen LogP contribution in [-0.4, -0.2) is 21.2 Å². The van der Waals surface area contributed by atoms with Crippen LogP contribution in [0.2, 0.25) is 0 Å². The van der Waals surface area contributed by atoms with E-state index < -0.39 is 0 Å². The second-order valence-electron chi connectivity index (χ2n) is 4.79. The van der Waals surface area contributed by atoms with E-state index in [-0.39, 0.29) is 11.6 Å². The highest BCUT2D eigenvalue weighted by molar-refractivity contribution is 7.98. The van der Waals surface area contributed by atoms with Crippen molar-refractivity contribution in [3.05, 3.63) is 46.0 Å². The SMILES string of the molecule is Cc1cccn2c(=O)cc(CSCCC(C)N)nc12. The maximum atomic E-state index is 12.0. The van der Waals surface area contributed by atoms with Gasteiger partial charge in [-0.3, -0.25) is 9.20 Å². The molecule has 0 aliphatic heterocycles. The van der Waals surface area contributed by atoms with Gasteiger partial charge in [-0.05, 0) is 37.7 Å². The zero-order valence-corrected chi connectivity index (χ0v) is 12.1. The third kappa shape index (κ3) is 3.58. The topological polar surface area (TPSA) is 60.4 Å². The maximum absolute atomic E-state index is 12.0. The summed E-state index contributed by atoms with van der Waals surface area (Å²) in [5.74, 6) is 1.75. The van der Waals surface area contributed by atoms with Crippen LogP contribution in [-0.2, 0) is 5.75 Å². The Morgan fingerprint density at radius 1 is 1.53 bits per heavy atom. The van der Waals surface area contributed by atoms with Gasteiger partial charge in [-0.25, -0.2) is 4.98 Å². The molecule has 0 aromatic carbocycles. The molecule has 0 saturated heterocycles. The Labute approximate surface area is 117 Å². The summed E-state index contributed by atoms with van der Waals surface area (Å²) < 4.78 is 1.59. The molecule has 2 aromatic rings. The molecule has 0 radical (unpaired) electrons. The molecular formula is C14H19N3OS. The van der Waals surface area contributed by atoms with E-state index in [1.807, 2.05) is 26.0 Å². The van der Waals surface area contributed by atoms with E-state index in [4.69, 9.17) is 5.73 Å².